The molecular formula is C16H15FO2. The van der Waals surface area contributed by atoms with Gasteiger partial charge in [-0.05, 0) is 42.0 Å². The fourth-order valence-corrected chi connectivity index (χ4v) is 2.73. The predicted octanol–water partition coefficient (Wildman–Crippen LogP) is 3.83. The predicted molar refractivity (Wildman–Crippen MR) is 71.4 cm³/mol. The number of halogens is 1. The molecule has 0 aromatic heterocycles. The van der Waals surface area contributed by atoms with Gasteiger partial charge >= 0.3 is 5.97 Å². The molecule has 2 nitrogen and oxygen atoms in total. The van der Waals surface area contributed by atoms with E-state index in [0.29, 0.717) is 25.7 Å². The van der Waals surface area contributed by atoms with E-state index in [4.69, 9.17) is 0 Å². The molecule has 2 aliphatic rings. The number of aliphatic carboxylic acids is 1. The van der Waals surface area contributed by atoms with Crippen LogP contribution in [0.1, 0.15) is 36.8 Å². The Bertz CT molecular complexity index is 595. The van der Waals surface area contributed by atoms with E-state index in [1.165, 1.54) is 6.08 Å². The van der Waals surface area contributed by atoms with E-state index in [1.807, 2.05) is 30.3 Å². The third-order valence-corrected chi connectivity index (χ3v) is 3.97. The van der Waals surface area contributed by atoms with Crippen molar-refractivity contribution in [2.24, 2.45) is 0 Å². The SMILES string of the molecule is O=C(O)C1(c2ccccc2C2=CCCC(F)=C2)CC1. The summed E-state index contributed by atoms with van der Waals surface area (Å²) in [6, 6.07) is 7.47. The van der Waals surface area contributed by atoms with Gasteiger partial charge < -0.3 is 5.11 Å². The number of carboxylic acid groups (broad SMARTS) is 1. The highest BCUT2D eigenvalue weighted by Gasteiger charge is 2.52. The highest BCUT2D eigenvalue weighted by molar-refractivity contribution is 5.89. The normalized spacial score (nSPS) is 20.5. The van der Waals surface area contributed by atoms with Gasteiger partial charge in [0.25, 0.3) is 0 Å². The lowest BCUT2D eigenvalue weighted by molar-refractivity contribution is -0.140. The molecule has 1 saturated carbocycles. The largest absolute Gasteiger partial charge is 0.481 e. The van der Waals surface area contributed by atoms with Crippen molar-refractivity contribution < 1.29 is 14.3 Å². The molecule has 1 aromatic rings. The molecule has 1 N–H and O–H groups in total. The van der Waals surface area contributed by atoms with Crippen molar-refractivity contribution in [2.45, 2.75) is 31.1 Å². The molecule has 0 unspecified atom stereocenters. The lowest BCUT2D eigenvalue weighted by Crippen LogP contribution is -2.21. The summed E-state index contributed by atoms with van der Waals surface area (Å²) in [5.41, 5.74) is 1.74. The van der Waals surface area contributed by atoms with Crippen LogP contribution in [0.5, 0.6) is 0 Å². The molecule has 3 heteroatoms. The zero-order chi connectivity index (χ0) is 13.5. The minimum Gasteiger partial charge on any atom is -0.481 e. The van der Waals surface area contributed by atoms with Crippen LogP contribution in [0.4, 0.5) is 4.39 Å². The highest BCUT2D eigenvalue weighted by atomic mass is 19.1. The topological polar surface area (TPSA) is 37.3 Å². The summed E-state index contributed by atoms with van der Waals surface area (Å²) in [6.07, 6.45) is 5.96. The average Bonchev–Trinajstić information content (AvgIpc) is 3.20. The second-order valence-electron chi connectivity index (χ2n) is 5.22. The van der Waals surface area contributed by atoms with Crippen LogP contribution in [0.15, 0.2) is 42.2 Å². The number of rotatable bonds is 3. The summed E-state index contributed by atoms with van der Waals surface area (Å²) < 4.78 is 13.4. The molecule has 0 heterocycles. The minimum absolute atomic E-state index is 0.132. The lowest BCUT2D eigenvalue weighted by Gasteiger charge is -2.18. The Labute approximate surface area is 111 Å². The second kappa shape index (κ2) is 4.34. The standard InChI is InChI=1S/C16H15FO2/c17-12-5-3-4-11(10-12)13-6-1-2-7-14(13)16(8-9-16)15(18)19/h1-2,4,6-7,10H,3,5,8-9H2,(H,18,19). The smallest absolute Gasteiger partial charge is 0.314 e. The number of benzene rings is 1. The van der Waals surface area contributed by atoms with Gasteiger partial charge in [-0.2, -0.15) is 0 Å². The third kappa shape index (κ3) is 1.99. The summed E-state index contributed by atoms with van der Waals surface area (Å²) in [7, 11) is 0. The first kappa shape index (κ1) is 12.2. The maximum Gasteiger partial charge on any atom is 0.314 e. The average molecular weight is 258 g/mol. The van der Waals surface area contributed by atoms with E-state index in [1.54, 1.807) is 0 Å². The molecular weight excluding hydrogens is 243 g/mol. The van der Waals surface area contributed by atoms with E-state index in [9.17, 15) is 14.3 Å². The number of carbonyl (C=O) groups is 1. The molecule has 0 spiro atoms. The monoisotopic (exact) mass is 258 g/mol. The molecule has 0 saturated heterocycles. The fourth-order valence-electron chi connectivity index (χ4n) is 2.73. The molecule has 0 bridgehead atoms. The molecule has 1 fully saturated rings. The van der Waals surface area contributed by atoms with Gasteiger partial charge in [-0.1, -0.05) is 30.3 Å². The molecule has 19 heavy (non-hydrogen) atoms. The maximum absolute atomic E-state index is 13.4. The molecule has 0 aliphatic heterocycles. The summed E-state index contributed by atoms with van der Waals surface area (Å²) in [6.45, 7) is 0. The van der Waals surface area contributed by atoms with Crippen molar-refractivity contribution in [3.05, 3.63) is 53.4 Å². The molecule has 1 aromatic carbocycles. The summed E-state index contributed by atoms with van der Waals surface area (Å²) in [5.74, 6) is -0.909. The second-order valence-corrected chi connectivity index (χ2v) is 5.22. The Morgan fingerprint density at radius 2 is 2.00 bits per heavy atom. The van der Waals surface area contributed by atoms with E-state index in [-0.39, 0.29) is 5.83 Å². The first-order chi connectivity index (χ1) is 9.13. The number of carboxylic acids is 1. The van der Waals surface area contributed by atoms with Crippen LogP contribution in [0.25, 0.3) is 5.57 Å². The molecule has 3 rings (SSSR count). The zero-order valence-corrected chi connectivity index (χ0v) is 10.5. The Kier molecular flexibility index (Phi) is 2.77. The summed E-state index contributed by atoms with van der Waals surface area (Å²) in [5, 5.41) is 9.42. The van der Waals surface area contributed by atoms with Crippen LogP contribution in [0.2, 0.25) is 0 Å². The number of hydrogen-bond acceptors (Lipinski definition) is 1. The van der Waals surface area contributed by atoms with E-state index in [0.717, 1.165) is 16.7 Å². The molecule has 0 radical (unpaired) electrons. The number of allylic oxidation sites excluding steroid dienone is 4. The van der Waals surface area contributed by atoms with Crippen molar-refractivity contribution in [2.75, 3.05) is 0 Å². The van der Waals surface area contributed by atoms with Crippen molar-refractivity contribution >= 4 is 11.5 Å². The Balaban J connectivity index is 2.09. The van der Waals surface area contributed by atoms with Gasteiger partial charge in [0.15, 0.2) is 0 Å². The van der Waals surface area contributed by atoms with Gasteiger partial charge in [0.2, 0.25) is 0 Å². The van der Waals surface area contributed by atoms with Crippen LogP contribution in [0.3, 0.4) is 0 Å². The van der Waals surface area contributed by atoms with Gasteiger partial charge in [-0.25, -0.2) is 4.39 Å². The van der Waals surface area contributed by atoms with E-state index in [2.05, 4.69) is 0 Å². The molecule has 98 valence electrons. The van der Waals surface area contributed by atoms with Crippen LogP contribution in [-0.4, -0.2) is 11.1 Å². The van der Waals surface area contributed by atoms with Gasteiger partial charge in [0, 0.05) is 6.42 Å². The van der Waals surface area contributed by atoms with Crippen LogP contribution >= 0.6 is 0 Å². The van der Waals surface area contributed by atoms with Crippen molar-refractivity contribution in [3.8, 4) is 0 Å². The zero-order valence-electron chi connectivity index (χ0n) is 10.5. The maximum atomic E-state index is 13.4. The minimum atomic E-state index is -0.777. The Morgan fingerprint density at radius 1 is 1.26 bits per heavy atom. The van der Waals surface area contributed by atoms with Gasteiger partial charge in [-0.3, -0.25) is 4.79 Å². The van der Waals surface area contributed by atoms with Crippen molar-refractivity contribution in [1.82, 2.24) is 0 Å². The van der Waals surface area contributed by atoms with Gasteiger partial charge in [0.05, 0.1) is 5.41 Å². The Hall–Kier alpha value is -1.90. The van der Waals surface area contributed by atoms with Crippen molar-refractivity contribution in [3.63, 3.8) is 0 Å². The molecule has 0 amide bonds. The first-order valence-electron chi connectivity index (χ1n) is 6.53. The molecule has 0 atom stereocenters. The van der Waals surface area contributed by atoms with Crippen LogP contribution in [-0.2, 0) is 10.2 Å². The highest BCUT2D eigenvalue weighted by Crippen LogP contribution is 2.50. The van der Waals surface area contributed by atoms with Crippen LogP contribution in [0, 0.1) is 0 Å². The van der Waals surface area contributed by atoms with E-state index >= 15 is 0 Å². The Morgan fingerprint density at radius 3 is 2.63 bits per heavy atom. The first-order valence-corrected chi connectivity index (χ1v) is 6.53. The summed E-state index contributed by atoms with van der Waals surface area (Å²) >= 11 is 0. The lowest BCUT2D eigenvalue weighted by atomic mass is 9.86. The number of hydrogen-bond donors (Lipinski definition) is 1. The summed E-state index contributed by atoms with van der Waals surface area (Å²) in [4.78, 5) is 11.5. The quantitative estimate of drug-likeness (QED) is 0.894. The van der Waals surface area contributed by atoms with Gasteiger partial charge in [0.1, 0.15) is 5.83 Å². The van der Waals surface area contributed by atoms with Crippen LogP contribution < -0.4 is 0 Å². The molecule has 2 aliphatic carbocycles. The van der Waals surface area contributed by atoms with Gasteiger partial charge in [-0.15, -0.1) is 0 Å². The van der Waals surface area contributed by atoms with E-state index < -0.39 is 11.4 Å². The fraction of sp³-hybridized carbons (Fsp3) is 0.312. The third-order valence-electron chi connectivity index (χ3n) is 3.97. The van der Waals surface area contributed by atoms with Crippen molar-refractivity contribution in [1.29, 1.82) is 0 Å².